The molecule has 73 valence electrons. The summed E-state index contributed by atoms with van der Waals surface area (Å²) in [6, 6.07) is 0. The SMILES string of the molecule is [CH2]CCCCCCCCCCO. The van der Waals surface area contributed by atoms with Crippen molar-refractivity contribution in [3.05, 3.63) is 6.92 Å². The van der Waals surface area contributed by atoms with E-state index in [4.69, 9.17) is 5.11 Å². The van der Waals surface area contributed by atoms with Gasteiger partial charge in [0, 0.05) is 6.61 Å². The second-order valence-electron chi connectivity index (χ2n) is 3.41. The highest BCUT2D eigenvalue weighted by atomic mass is 16.2. The lowest BCUT2D eigenvalue weighted by molar-refractivity contribution is 0.282. The maximum atomic E-state index is 8.53. The molecule has 0 rings (SSSR count). The number of unbranched alkanes of at least 4 members (excludes halogenated alkanes) is 8. The summed E-state index contributed by atoms with van der Waals surface area (Å²) >= 11 is 0. The standard InChI is InChI=1S/C11H23O/c1-2-3-4-5-6-7-8-9-10-11-12/h12H,1-11H2. The Morgan fingerprint density at radius 3 is 1.50 bits per heavy atom. The summed E-state index contributed by atoms with van der Waals surface area (Å²) in [5.74, 6) is 0. The first-order valence-electron chi connectivity index (χ1n) is 5.32. The second kappa shape index (κ2) is 11.0. The Hall–Kier alpha value is -0.0400. The number of aliphatic hydroxyl groups is 1. The van der Waals surface area contributed by atoms with Gasteiger partial charge < -0.3 is 5.11 Å². The van der Waals surface area contributed by atoms with E-state index < -0.39 is 0 Å². The fraction of sp³-hybridized carbons (Fsp3) is 0.909. The van der Waals surface area contributed by atoms with Gasteiger partial charge in [0.15, 0.2) is 0 Å². The molecule has 0 aromatic rings. The van der Waals surface area contributed by atoms with Crippen molar-refractivity contribution < 1.29 is 5.11 Å². The van der Waals surface area contributed by atoms with E-state index in [0.717, 1.165) is 12.8 Å². The normalized spacial score (nSPS) is 10.5. The molecule has 1 heteroatoms. The lowest BCUT2D eigenvalue weighted by Crippen LogP contribution is -1.84. The highest BCUT2D eigenvalue weighted by molar-refractivity contribution is 4.47. The summed E-state index contributed by atoms with van der Waals surface area (Å²) in [7, 11) is 0. The van der Waals surface area contributed by atoms with E-state index in [-0.39, 0.29) is 0 Å². The van der Waals surface area contributed by atoms with Crippen LogP contribution in [0, 0.1) is 6.92 Å². The molecule has 1 radical (unpaired) electrons. The predicted molar refractivity (Wildman–Crippen MR) is 54.0 cm³/mol. The number of rotatable bonds is 9. The Labute approximate surface area is 77.2 Å². The van der Waals surface area contributed by atoms with Crippen LogP contribution in [0.3, 0.4) is 0 Å². The van der Waals surface area contributed by atoms with Crippen molar-refractivity contribution in [1.29, 1.82) is 0 Å². The minimum absolute atomic E-state index is 0.363. The molecule has 0 unspecified atom stereocenters. The largest absolute Gasteiger partial charge is 0.396 e. The third-order valence-electron chi connectivity index (χ3n) is 2.16. The van der Waals surface area contributed by atoms with Gasteiger partial charge in [-0.3, -0.25) is 0 Å². The highest BCUT2D eigenvalue weighted by Gasteiger charge is 1.90. The van der Waals surface area contributed by atoms with Crippen LogP contribution in [0.25, 0.3) is 0 Å². The summed E-state index contributed by atoms with van der Waals surface area (Å²) < 4.78 is 0. The second-order valence-corrected chi connectivity index (χ2v) is 3.41. The molecule has 12 heavy (non-hydrogen) atoms. The number of hydrogen-bond acceptors (Lipinski definition) is 1. The van der Waals surface area contributed by atoms with Gasteiger partial charge in [0.05, 0.1) is 0 Å². The minimum atomic E-state index is 0.363. The van der Waals surface area contributed by atoms with Crippen LogP contribution in [-0.4, -0.2) is 11.7 Å². The fourth-order valence-electron chi connectivity index (χ4n) is 1.35. The molecule has 0 fully saturated rings. The molecular weight excluding hydrogens is 148 g/mol. The van der Waals surface area contributed by atoms with Crippen molar-refractivity contribution in [3.63, 3.8) is 0 Å². The topological polar surface area (TPSA) is 20.2 Å². The van der Waals surface area contributed by atoms with Gasteiger partial charge in [-0.05, 0) is 6.42 Å². The van der Waals surface area contributed by atoms with Crippen molar-refractivity contribution in [1.82, 2.24) is 0 Å². The third-order valence-corrected chi connectivity index (χ3v) is 2.16. The average molecular weight is 171 g/mol. The van der Waals surface area contributed by atoms with E-state index in [1.165, 1.54) is 44.9 Å². The molecule has 0 saturated heterocycles. The highest BCUT2D eigenvalue weighted by Crippen LogP contribution is 2.08. The first-order valence-corrected chi connectivity index (χ1v) is 5.32. The average Bonchev–Trinajstić information content (AvgIpc) is 2.10. The van der Waals surface area contributed by atoms with Crippen LogP contribution in [0.1, 0.15) is 57.8 Å². The Morgan fingerprint density at radius 1 is 0.667 bits per heavy atom. The van der Waals surface area contributed by atoms with Crippen LogP contribution in [0.2, 0.25) is 0 Å². The molecule has 1 nitrogen and oxygen atoms in total. The monoisotopic (exact) mass is 171 g/mol. The van der Waals surface area contributed by atoms with Crippen LogP contribution in [0.5, 0.6) is 0 Å². The van der Waals surface area contributed by atoms with Crippen molar-refractivity contribution in [3.8, 4) is 0 Å². The molecule has 0 spiro atoms. The summed E-state index contributed by atoms with van der Waals surface area (Å²) in [5, 5.41) is 8.53. The molecule has 0 aromatic carbocycles. The molecular formula is C11H23O. The molecule has 0 atom stereocenters. The Kier molecular flexibility index (Phi) is 10.9. The van der Waals surface area contributed by atoms with Crippen molar-refractivity contribution in [2.75, 3.05) is 6.61 Å². The van der Waals surface area contributed by atoms with Crippen LogP contribution < -0.4 is 0 Å². The minimum Gasteiger partial charge on any atom is -0.396 e. The molecule has 0 amide bonds. The zero-order valence-corrected chi connectivity index (χ0v) is 8.23. The van der Waals surface area contributed by atoms with Crippen molar-refractivity contribution in [2.45, 2.75) is 57.8 Å². The Balaban J connectivity index is 2.73. The van der Waals surface area contributed by atoms with E-state index in [1.54, 1.807) is 0 Å². The van der Waals surface area contributed by atoms with Gasteiger partial charge in [0.2, 0.25) is 0 Å². The first kappa shape index (κ1) is 12.0. The smallest absolute Gasteiger partial charge is 0.0431 e. The van der Waals surface area contributed by atoms with Crippen molar-refractivity contribution in [2.24, 2.45) is 0 Å². The maximum Gasteiger partial charge on any atom is 0.0431 e. The molecule has 0 aliphatic heterocycles. The van der Waals surface area contributed by atoms with Gasteiger partial charge in [0.25, 0.3) is 0 Å². The quantitative estimate of drug-likeness (QED) is 0.528. The van der Waals surface area contributed by atoms with E-state index in [0.29, 0.717) is 6.61 Å². The van der Waals surface area contributed by atoms with E-state index >= 15 is 0 Å². The molecule has 1 N–H and O–H groups in total. The van der Waals surface area contributed by atoms with E-state index in [9.17, 15) is 0 Å². The summed E-state index contributed by atoms with van der Waals surface area (Å²) in [6.45, 7) is 4.18. The first-order chi connectivity index (χ1) is 5.91. The third kappa shape index (κ3) is 9.96. The lowest BCUT2D eigenvalue weighted by Gasteiger charge is -1.99. The predicted octanol–water partition coefficient (Wildman–Crippen LogP) is 3.32. The maximum absolute atomic E-state index is 8.53. The van der Waals surface area contributed by atoms with Gasteiger partial charge >= 0.3 is 0 Å². The van der Waals surface area contributed by atoms with Crippen LogP contribution in [0.15, 0.2) is 0 Å². The fourth-order valence-corrected chi connectivity index (χ4v) is 1.35. The van der Waals surface area contributed by atoms with Crippen molar-refractivity contribution >= 4 is 0 Å². The number of aliphatic hydroxyl groups excluding tert-OH is 1. The Bertz CT molecular complexity index is 61.4. The summed E-state index contributed by atoms with van der Waals surface area (Å²) in [5.41, 5.74) is 0. The van der Waals surface area contributed by atoms with Gasteiger partial charge in [-0.1, -0.05) is 58.3 Å². The van der Waals surface area contributed by atoms with E-state index in [2.05, 4.69) is 6.92 Å². The van der Waals surface area contributed by atoms with Gasteiger partial charge in [-0.15, -0.1) is 0 Å². The lowest BCUT2D eigenvalue weighted by atomic mass is 10.1. The molecule has 0 saturated carbocycles. The molecule has 0 bridgehead atoms. The van der Waals surface area contributed by atoms with Gasteiger partial charge in [-0.25, -0.2) is 0 Å². The van der Waals surface area contributed by atoms with Gasteiger partial charge in [0.1, 0.15) is 0 Å². The van der Waals surface area contributed by atoms with E-state index in [1.807, 2.05) is 0 Å². The Morgan fingerprint density at radius 2 is 1.08 bits per heavy atom. The van der Waals surface area contributed by atoms with Crippen LogP contribution in [0.4, 0.5) is 0 Å². The zero-order chi connectivity index (χ0) is 9.07. The summed E-state index contributed by atoms with van der Waals surface area (Å²) in [4.78, 5) is 0. The van der Waals surface area contributed by atoms with Gasteiger partial charge in [-0.2, -0.15) is 0 Å². The zero-order valence-electron chi connectivity index (χ0n) is 8.23. The van der Waals surface area contributed by atoms with Crippen LogP contribution in [-0.2, 0) is 0 Å². The summed E-state index contributed by atoms with van der Waals surface area (Å²) in [6.07, 6.45) is 11.3. The molecule has 0 heterocycles. The molecule has 0 aromatic heterocycles. The molecule has 0 aliphatic carbocycles. The van der Waals surface area contributed by atoms with Crippen LogP contribution >= 0.6 is 0 Å². The molecule has 0 aliphatic rings. The number of hydrogen-bond donors (Lipinski definition) is 1.